The second-order valence-corrected chi connectivity index (χ2v) is 6.01. The first-order valence-corrected chi connectivity index (χ1v) is 6.19. The van der Waals surface area contributed by atoms with Crippen LogP contribution in [0.2, 0.25) is 0 Å². The highest BCUT2D eigenvalue weighted by molar-refractivity contribution is 6.05. The molecule has 0 spiro atoms. The predicted octanol–water partition coefficient (Wildman–Crippen LogP) is 1.71. The third-order valence-corrected chi connectivity index (χ3v) is 4.97. The maximum atomic E-state index is 12.5. The highest BCUT2D eigenvalue weighted by atomic mass is 16.6. The van der Waals surface area contributed by atoms with Gasteiger partial charge in [-0.3, -0.25) is 19.7 Å². The second-order valence-electron chi connectivity index (χ2n) is 6.01. The molecule has 0 amide bonds. The van der Waals surface area contributed by atoms with Crippen molar-refractivity contribution in [2.45, 2.75) is 40.2 Å². The zero-order valence-corrected chi connectivity index (χ0v) is 11.4. The van der Waals surface area contributed by atoms with Gasteiger partial charge in [0.05, 0.1) is 15.9 Å². The van der Waals surface area contributed by atoms with E-state index in [4.69, 9.17) is 4.74 Å². The average molecular weight is 267 g/mol. The van der Waals surface area contributed by atoms with Crippen molar-refractivity contribution in [3.63, 3.8) is 0 Å². The Hall–Kier alpha value is -1.72. The molecule has 0 N–H and O–H groups in total. The highest BCUT2D eigenvalue weighted by Gasteiger charge is 2.71. The molecule has 19 heavy (non-hydrogen) atoms. The van der Waals surface area contributed by atoms with Crippen molar-refractivity contribution in [2.24, 2.45) is 16.7 Å². The monoisotopic (exact) mass is 267 g/mol. The summed E-state index contributed by atoms with van der Waals surface area (Å²) in [5, 5.41) is 10.6. The molecule has 2 aliphatic rings. The molecule has 2 saturated carbocycles. The van der Waals surface area contributed by atoms with Gasteiger partial charge in [-0.25, -0.2) is 0 Å². The minimum atomic E-state index is -0.884. The molecule has 3 unspecified atom stereocenters. The molecular weight excluding hydrogens is 250 g/mol. The molecule has 6 nitrogen and oxygen atoms in total. The summed E-state index contributed by atoms with van der Waals surface area (Å²) in [7, 11) is 0. The highest BCUT2D eigenvalue weighted by Crippen LogP contribution is 2.66. The van der Waals surface area contributed by atoms with Gasteiger partial charge < -0.3 is 4.74 Å². The van der Waals surface area contributed by atoms with Crippen LogP contribution >= 0.6 is 0 Å². The van der Waals surface area contributed by atoms with Crippen LogP contribution in [0.15, 0.2) is 11.8 Å². The molecule has 3 atom stereocenters. The van der Waals surface area contributed by atoms with Gasteiger partial charge in [0.15, 0.2) is 5.78 Å². The molecule has 6 heteroatoms. The normalized spacial score (nSPS) is 37.7. The van der Waals surface area contributed by atoms with E-state index in [2.05, 4.69) is 0 Å². The predicted molar refractivity (Wildman–Crippen MR) is 65.6 cm³/mol. The summed E-state index contributed by atoms with van der Waals surface area (Å²) in [5.74, 6) is -0.932. The number of fused-ring (bicyclic) bond motifs is 2. The minimum absolute atomic E-state index is 0.236. The van der Waals surface area contributed by atoms with Crippen LogP contribution in [0.4, 0.5) is 0 Å². The van der Waals surface area contributed by atoms with E-state index < -0.39 is 27.8 Å². The van der Waals surface area contributed by atoms with Crippen LogP contribution in [0.3, 0.4) is 0 Å². The van der Waals surface area contributed by atoms with Crippen LogP contribution in [0.1, 0.15) is 34.1 Å². The van der Waals surface area contributed by atoms with E-state index in [1.165, 1.54) is 6.92 Å². The molecule has 2 rings (SSSR count). The number of Topliss-reactive ketones (excluding diaryl/α,β-unsaturated/α-hetero) is 1. The lowest BCUT2D eigenvalue weighted by molar-refractivity contribution is -0.403. The summed E-state index contributed by atoms with van der Waals surface area (Å²) >= 11 is 0. The molecule has 0 heterocycles. The number of nitro groups is 1. The second kappa shape index (κ2) is 3.88. The molecule has 2 bridgehead atoms. The molecule has 0 aromatic carbocycles. The summed E-state index contributed by atoms with van der Waals surface area (Å²) in [6.45, 7) is 6.85. The van der Waals surface area contributed by atoms with Gasteiger partial charge in [0.2, 0.25) is 6.20 Å². The zero-order valence-electron chi connectivity index (χ0n) is 11.4. The number of hydrogen-bond acceptors (Lipinski definition) is 5. The van der Waals surface area contributed by atoms with Gasteiger partial charge in [0, 0.05) is 12.8 Å². The van der Waals surface area contributed by atoms with Crippen molar-refractivity contribution in [3.8, 4) is 0 Å². The van der Waals surface area contributed by atoms with Gasteiger partial charge in [-0.05, 0) is 18.8 Å². The minimum Gasteiger partial charge on any atom is -0.461 e. The maximum absolute atomic E-state index is 12.5. The number of hydrogen-bond donors (Lipinski definition) is 0. The smallest absolute Gasteiger partial charge is 0.302 e. The Bertz CT molecular complexity index is 507. The summed E-state index contributed by atoms with van der Waals surface area (Å²) in [5.41, 5.74) is -1.09. The molecule has 0 radical (unpaired) electrons. The fourth-order valence-electron chi connectivity index (χ4n) is 3.56. The Morgan fingerprint density at radius 1 is 1.47 bits per heavy atom. The zero-order chi connectivity index (χ0) is 14.6. The van der Waals surface area contributed by atoms with Crippen LogP contribution in [0, 0.1) is 26.9 Å². The maximum Gasteiger partial charge on any atom is 0.302 e. The number of nitrogens with zero attached hydrogens (tertiary/aromatic N) is 1. The molecule has 104 valence electrons. The topological polar surface area (TPSA) is 86.5 Å². The summed E-state index contributed by atoms with van der Waals surface area (Å²) < 4.78 is 5.25. The summed E-state index contributed by atoms with van der Waals surface area (Å²) in [6, 6.07) is 0. The fraction of sp³-hybridized carbons (Fsp3) is 0.692. The lowest BCUT2D eigenvalue weighted by atomic mass is 9.69. The lowest BCUT2D eigenvalue weighted by Crippen LogP contribution is -2.44. The Balaban J connectivity index is 2.47. The molecule has 2 aliphatic carbocycles. The SMILES string of the molecule is CC(=O)OC1CC2C(=C[N+](=O)[O-])C(=O)C1(C)C2(C)C. The van der Waals surface area contributed by atoms with E-state index in [1.807, 2.05) is 13.8 Å². The van der Waals surface area contributed by atoms with Gasteiger partial charge in [-0.2, -0.15) is 0 Å². The van der Waals surface area contributed by atoms with Crippen LogP contribution < -0.4 is 0 Å². The van der Waals surface area contributed by atoms with E-state index in [-0.39, 0.29) is 17.3 Å². The van der Waals surface area contributed by atoms with Crippen molar-refractivity contribution >= 4 is 11.8 Å². The van der Waals surface area contributed by atoms with Crippen molar-refractivity contribution in [2.75, 3.05) is 0 Å². The number of carbonyl (C=O) groups excluding carboxylic acids is 2. The van der Waals surface area contributed by atoms with Crippen LogP contribution in [-0.2, 0) is 14.3 Å². The van der Waals surface area contributed by atoms with Gasteiger partial charge >= 0.3 is 5.97 Å². The number of ether oxygens (including phenoxy) is 1. The lowest BCUT2D eigenvalue weighted by Gasteiger charge is -2.36. The largest absolute Gasteiger partial charge is 0.461 e. The van der Waals surface area contributed by atoms with E-state index in [1.54, 1.807) is 6.92 Å². The summed E-state index contributed by atoms with van der Waals surface area (Å²) in [4.78, 5) is 33.7. The Morgan fingerprint density at radius 3 is 2.47 bits per heavy atom. The molecule has 0 aliphatic heterocycles. The number of ketones is 1. The first-order chi connectivity index (χ1) is 8.62. The van der Waals surface area contributed by atoms with E-state index in [9.17, 15) is 19.7 Å². The molecular formula is C13H17NO5. The standard InChI is InChI=1S/C13H17NO5/c1-7(15)19-10-5-9-8(6-14(17)18)11(16)13(10,4)12(9,2)3/h6,9-10H,5H2,1-4H3. The van der Waals surface area contributed by atoms with E-state index in [0.29, 0.717) is 6.42 Å². The van der Waals surface area contributed by atoms with Gasteiger partial charge in [0.25, 0.3) is 0 Å². The quantitative estimate of drug-likeness (QED) is 0.329. The molecule has 0 aromatic rings. The van der Waals surface area contributed by atoms with E-state index in [0.717, 1.165) is 6.20 Å². The molecule has 2 fully saturated rings. The fourth-order valence-corrected chi connectivity index (χ4v) is 3.56. The van der Waals surface area contributed by atoms with Crippen molar-refractivity contribution < 1.29 is 19.2 Å². The van der Waals surface area contributed by atoms with Gasteiger partial charge in [-0.1, -0.05) is 13.8 Å². The van der Waals surface area contributed by atoms with Gasteiger partial charge in [0.1, 0.15) is 6.10 Å². The van der Waals surface area contributed by atoms with Crippen LogP contribution in [-0.4, -0.2) is 22.8 Å². The average Bonchev–Trinajstić information content (AvgIpc) is 2.51. The molecule has 0 aromatic heterocycles. The third kappa shape index (κ3) is 1.62. The third-order valence-electron chi connectivity index (χ3n) is 4.97. The van der Waals surface area contributed by atoms with Crippen LogP contribution in [0.5, 0.6) is 0 Å². The summed E-state index contributed by atoms with van der Waals surface area (Å²) in [6.07, 6.45) is 0.778. The van der Waals surface area contributed by atoms with Crippen molar-refractivity contribution in [3.05, 3.63) is 21.9 Å². The van der Waals surface area contributed by atoms with Gasteiger partial charge in [-0.15, -0.1) is 0 Å². The first kappa shape index (κ1) is 13.7. The Morgan fingerprint density at radius 2 is 2.05 bits per heavy atom. The first-order valence-electron chi connectivity index (χ1n) is 6.19. The van der Waals surface area contributed by atoms with Crippen LogP contribution in [0.25, 0.3) is 0 Å². The number of rotatable bonds is 2. The Kier molecular flexibility index (Phi) is 2.80. The number of carbonyl (C=O) groups is 2. The van der Waals surface area contributed by atoms with E-state index >= 15 is 0 Å². The molecule has 0 saturated heterocycles. The van der Waals surface area contributed by atoms with Crippen molar-refractivity contribution in [1.29, 1.82) is 0 Å². The van der Waals surface area contributed by atoms with Crippen molar-refractivity contribution in [1.82, 2.24) is 0 Å². The number of esters is 1. The Labute approximate surface area is 111 Å². The number of allylic oxidation sites excluding steroid dienone is 1.